The van der Waals surface area contributed by atoms with Gasteiger partial charge in [0.1, 0.15) is 47.6 Å². The smallest absolute Gasteiger partial charge is 0.410 e. The summed E-state index contributed by atoms with van der Waals surface area (Å²) in [5.41, 5.74) is 8.37. The normalized spacial score (nSPS) is 20.3. The topological polar surface area (TPSA) is 228 Å². The lowest BCUT2D eigenvalue weighted by Gasteiger charge is -2.34. The Balaban J connectivity index is 0.000000276. The van der Waals surface area contributed by atoms with E-state index < -0.39 is 78.1 Å². The van der Waals surface area contributed by atoms with E-state index in [4.69, 9.17) is 29.4 Å². The van der Waals surface area contributed by atoms with Gasteiger partial charge in [0.2, 0.25) is 17.7 Å². The largest absolute Gasteiger partial charge is 0.460 e. The van der Waals surface area contributed by atoms with Crippen LogP contribution in [-0.4, -0.2) is 155 Å². The van der Waals surface area contributed by atoms with E-state index in [9.17, 15) is 37.5 Å². The van der Waals surface area contributed by atoms with Crippen LogP contribution in [0.25, 0.3) is 21.8 Å². The number of methoxy groups -OCH3 is 2. The zero-order valence-corrected chi connectivity index (χ0v) is 41.2. The highest BCUT2D eigenvalue weighted by atomic mass is 19.1. The van der Waals surface area contributed by atoms with E-state index in [1.165, 1.54) is 66.3 Å². The van der Waals surface area contributed by atoms with Gasteiger partial charge >= 0.3 is 18.0 Å². The highest BCUT2D eigenvalue weighted by Crippen LogP contribution is 2.31. The molecule has 2 fully saturated rings. The molecule has 0 radical (unpaired) electrons. The highest BCUT2D eigenvalue weighted by molar-refractivity contribution is 5.92. The molecule has 18 nitrogen and oxygen atoms in total. The molecule has 2 aliphatic rings. The van der Waals surface area contributed by atoms with E-state index >= 15 is 0 Å². The van der Waals surface area contributed by atoms with Crippen molar-refractivity contribution in [2.45, 2.75) is 141 Å². The molecule has 69 heavy (non-hydrogen) atoms. The molecule has 5 N–H and O–H groups in total. The van der Waals surface area contributed by atoms with Crippen molar-refractivity contribution in [2.75, 3.05) is 34.4 Å². The maximum atomic E-state index is 14.0. The van der Waals surface area contributed by atoms with Crippen molar-refractivity contribution in [2.24, 2.45) is 5.73 Å². The van der Waals surface area contributed by atoms with Gasteiger partial charge in [-0.25, -0.2) is 13.6 Å². The summed E-state index contributed by atoms with van der Waals surface area (Å²) in [5.74, 6) is -2.77. The number of ether oxygens (including phenoxy) is 5. The van der Waals surface area contributed by atoms with Crippen molar-refractivity contribution < 1.29 is 61.2 Å². The Labute approximate surface area is 400 Å². The first-order chi connectivity index (χ1) is 32.4. The fraction of sp³-hybridized carbons (Fsp3) is 0.551. The minimum atomic E-state index is -1.09. The number of benzene rings is 2. The van der Waals surface area contributed by atoms with Crippen molar-refractivity contribution in [3.05, 3.63) is 71.6 Å². The lowest BCUT2D eigenvalue weighted by atomic mass is 10.00. The van der Waals surface area contributed by atoms with Crippen molar-refractivity contribution >= 4 is 57.6 Å². The molecule has 0 spiro atoms. The van der Waals surface area contributed by atoms with Gasteiger partial charge in [-0.15, -0.1) is 0 Å². The number of amides is 4. The van der Waals surface area contributed by atoms with E-state index in [0.29, 0.717) is 43.3 Å². The van der Waals surface area contributed by atoms with Crippen molar-refractivity contribution in [3.8, 4) is 0 Å². The minimum absolute atomic E-state index is 0.236. The van der Waals surface area contributed by atoms with Crippen LogP contribution in [0.4, 0.5) is 13.6 Å². The van der Waals surface area contributed by atoms with Gasteiger partial charge < -0.3 is 54.5 Å². The second-order valence-electron chi connectivity index (χ2n) is 18.6. The van der Waals surface area contributed by atoms with Gasteiger partial charge in [-0.3, -0.25) is 28.9 Å². The molecule has 6 rings (SSSR count). The molecule has 0 bridgehead atoms. The number of likely N-dealkylation sites (tertiary alicyclic amines) is 2. The van der Waals surface area contributed by atoms with Crippen LogP contribution in [0.1, 0.15) is 79.4 Å². The predicted octanol–water partition coefficient (Wildman–Crippen LogP) is 4.90. The first kappa shape index (κ1) is 53.8. The van der Waals surface area contributed by atoms with E-state index in [1.807, 2.05) is 0 Å². The van der Waals surface area contributed by atoms with Crippen LogP contribution in [0.15, 0.2) is 48.8 Å². The first-order valence-electron chi connectivity index (χ1n) is 23.0. The molecule has 2 aromatic carbocycles. The maximum absolute atomic E-state index is 14.0. The number of esters is 2. The summed E-state index contributed by atoms with van der Waals surface area (Å²) in [4.78, 5) is 86.7. The maximum Gasteiger partial charge on any atom is 0.410 e. The number of halogens is 2. The molecule has 2 aliphatic heterocycles. The Morgan fingerprint density at radius 2 is 1.22 bits per heavy atom. The highest BCUT2D eigenvalue weighted by Gasteiger charge is 2.45. The standard InChI is InChI=1S/C29H41FN4O7.C20H26FN3O4/c1-16(33(7)28(38)41-29(4,5)6)26(36)32-25(17(2)39-8)27(37)34-12-11-24(40-18(3)35)23(34)13-19-15-31-22-14-20(30)9-10-21(19)22;1-11(27-3)19(22)20(26)24-7-6-18(28-12(2)25)17(24)8-13-10-23-16-9-14(21)4-5-15(13)16/h9-10,14-17,23-25,31H,11-13H2,1-8H3,(H,32,36);4-5,9-11,17-19,23H,6-8,22H2,1-3H3/t16-,17+,23+,24-,25-;11-,17-,18+,19+/m01/s1. The number of H-pyrrole nitrogens is 2. The van der Waals surface area contributed by atoms with Crippen LogP contribution in [0.5, 0.6) is 0 Å². The summed E-state index contributed by atoms with van der Waals surface area (Å²) < 4.78 is 54.3. The van der Waals surface area contributed by atoms with Crippen molar-refractivity contribution in [1.82, 2.24) is 30.0 Å². The lowest BCUT2D eigenvalue weighted by Crippen LogP contribution is -2.59. The predicted molar refractivity (Wildman–Crippen MR) is 252 cm³/mol. The molecule has 0 unspecified atom stereocenters. The minimum Gasteiger partial charge on any atom is -0.460 e. The molecular weight excluding hydrogens is 901 g/mol. The Bertz CT molecular complexity index is 2470. The average Bonchev–Trinajstić information content (AvgIpc) is 4.09. The van der Waals surface area contributed by atoms with Gasteiger partial charge in [-0.05, 0) is 102 Å². The Kier molecular flexibility index (Phi) is 17.9. The molecule has 4 heterocycles. The summed E-state index contributed by atoms with van der Waals surface area (Å²) >= 11 is 0. The number of likely N-dealkylation sites (N-methyl/N-ethyl adjacent to an activating group) is 1. The zero-order valence-electron chi connectivity index (χ0n) is 41.2. The number of fused-ring (bicyclic) bond motifs is 2. The van der Waals surface area contributed by atoms with Crippen LogP contribution in [0.2, 0.25) is 0 Å². The summed E-state index contributed by atoms with van der Waals surface area (Å²) in [7, 11) is 4.38. The third-order valence-corrected chi connectivity index (χ3v) is 12.7. The summed E-state index contributed by atoms with van der Waals surface area (Å²) in [6.45, 7) is 13.5. The summed E-state index contributed by atoms with van der Waals surface area (Å²) in [5, 5.41) is 4.42. The van der Waals surface area contributed by atoms with Gasteiger partial charge in [0.05, 0.1) is 24.3 Å². The number of carbonyl (C=O) groups excluding carboxylic acids is 6. The number of aromatic amines is 2. The van der Waals surface area contributed by atoms with Crippen molar-refractivity contribution in [1.29, 1.82) is 0 Å². The van der Waals surface area contributed by atoms with Crippen LogP contribution < -0.4 is 11.1 Å². The molecule has 9 atom stereocenters. The van der Waals surface area contributed by atoms with Crippen molar-refractivity contribution in [3.63, 3.8) is 0 Å². The van der Waals surface area contributed by atoms with Gasteiger partial charge in [0.25, 0.3) is 0 Å². The fourth-order valence-electron chi connectivity index (χ4n) is 8.66. The third-order valence-electron chi connectivity index (χ3n) is 12.7. The Morgan fingerprint density at radius 3 is 1.64 bits per heavy atom. The Morgan fingerprint density at radius 1 is 0.768 bits per heavy atom. The van der Waals surface area contributed by atoms with E-state index in [2.05, 4.69) is 15.3 Å². The molecule has 2 aromatic heterocycles. The average molecular weight is 968 g/mol. The van der Waals surface area contributed by atoms with Crippen LogP contribution in [-0.2, 0) is 60.5 Å². The molecule has 378 valence electrons. The summed E-state index contributed by atoms with van der Waals surface area (Å²) in [6.07, 6.45) is 2.48. The summed E-state index contributed by atoms with van der Waals surface area (Å²) in [6, 6.07) is 5.22. The van der Waals surface area contributed by atoms with Gasteiger partial charge in [-0.1, -0.05) is 0 Å². The molecule has 0 aliphatic carbocycles. The van der Waals surface area contributed by atoms with Crippen LogP contribution in [0, 0.1) is 11.6 Å². The molecule has 2 saturated heterocycles. The van der Waals surface area contributed by atoms with E-state index in [0.717, 1.165) is 26.8 Å². The fourth-order valence-corrected chi connectivity index (χ4v) is 8.66. The number of aromatic nitrogens is 2. The third kappa shape index (κ3) is 13.4. The van der Waals surface area contributed by atoms with Gasteiger partial charge in [-0.2, -0.15) is 0 Å². The van der Waals surface area contributed by atoms with Gasteiger partial charge in [0.15, 0.2) is 0 Å². The number of nitrogens with two attached hydrogens (primary N) is 1. The lowest BCUT2D eigenvalue weighted by molar-refractivity contribution is -0.150. The molecule has 0 saturated carbocycles. The SMILES string of the molecule is CO[C@H](C)[C@H](N)C(=O)N1CC[C@H](OC(C)=O)[C@H]1Cc1c[nH]c2cc(F)ccc12.CO[C@H](C)[C@H](NC(=O)[C@H](C)N(C)C(=O)OC(C)(C)C)C(=O)N1CC[C@H](OC(C)=O)[C@H]1Cc1c[nH]c2cc(F)ccc12. The number of nitrogens with zero attached hydrogens (tertiary/aromatic N) is 3. The number of hydrogen-bond acceptors (Lipinski definition) is 12. The number of carbonyl (C=O) groups is 6. The quantitative estimate of drug-likeness (QED) is 0.0922. The molecule has 20 heteroatoms. The first-order valence-corrected chi connectivity index (χ1v) is 23.0. The zero-order chi connectivity index (χ0) is 51.1. The number of rotatable bonds is 15. The second-order valence-corrected chi connectivity index (χ2v) is 18.6. The van der Waals surface area contributed by atoms with Crippen LogP contribution in [0.3, 0.4) is 0 Å². The number of hydrogen-bond donors (Lipinski definition) is 4. The van der Waals surface area contributed by atoms with Crippen LogP contribution >= 0.6 is 0 Å². The Hall–Kier alpha value is -6.12. The van der Waals surface area contributed by atoms with E-state index in [-0.39, 0.29) is 36.1 Å². The monoisotopic (exact) mass is 967 g/mol. The van der Waals surface area contributed by atoms with Gasteiger partial charge in [0, 0.05) is 95.2 Å². The van der Waals surface area contributed by atoms with E-state index in [1.54, 1.807) is 68.9 Å². The molecule has 4 amide bonds. The second kappa shape index (κ2) is 23.0. The molecule has 4 aromatic rings. The number of nitrogens with one attached hydrogen (secondary N) is 3. The molecular formula is C49H67F2N7O11.